The molecule has 2 unspecified atom stereocenters. The van der Waals surface area contributed by atoms with Crippen LogP contribution in [0.25, 0.3) is 0 Å². The lowest BCUT2D eigenvalue weighted by Gasteiger charge is -2.30. The molecule has 0 spiro atoms. The molecule has 1 N–H and O–H groups in total. The molecule has 118 valence electrons. The second kappa shape index (κ2) is 7.08. The van der Waals surface area contributed by atoms with Crippen LogP contribution < -0.4 is 0 Å². The first-order valence-electron chi connectivity index (χ1n) is 7.74. The van der Waals surface area contributed by atoms with Crippen LogP contribution in [0.4, 0.5) is 0 Å². The third-order valence-corrected chi connectivity index (χ3v) is 4.14. The molecule has 2 atom stereocenters. The van der Waals surface area contributed by atoms with Crippen LogP contribution in [0, 0.1) is 5.92 Å². The largest absolute Gasteiger partial charge is 0.481 e. The zero-order chi connectivity index (χ0) is 16.2. The predicted molar refractivity (Wildman–Crippen MR) is 87.6 cm³/mol. The summed E-state index contributed by atoms with van der Waals surface area (Å²) in [7, 11) is 0. The van der Waals surface area contributed by atoms with E-state index >= 15 is 0 Å². The fraction of sp³-hybridized carbons (Fsp3) is 0.611. The van der Waals surface area contributed by atoms with Crippen LogP contribution in [0.3, 0.4) is 0 Å². The topological polar surface area (TPSA) is 40.5 Å². The highest BCUT2D eigenvalue weighted by atomic mass is 16.4. The van der Waals surface area contributed by atoms with Gasteiger partial charge in [0, 0.05) is 12.6 Å². The summed E-state index contributed by atoms with van der Waals surface area (Å²) in [6, 6.07) is 8.92. The molecule has 0 fully saturated rings. The molecule has 0 radical (unpaired) electrons. The van der Waals surface area contributed by atoms with Crippen molar-refractivity contribution in [3.8, 4) is 0 Å². The zero-order valence-electron chi connectivity index (χ0n) is 14.2. The summed E-state index contributed by atoms with van der Waals surface area (Å²) in [6.45, 7) is 14.0. The standard InChI is InChI=1S/C18H29NO2/c1-7-19(12-13(2)17(20)21)14(3)15-8-10-16(11-9-15)18(4,5)6/h8-11,13-14H,7,12H2,1-6H3,(H,20,21). The Morgan fingerprint density at radius 3 is 2.10 bits per heavy atom. The average Bonchev–Trinajstić information content (AvgIpc) is 2.42. The van der Waals surface area contributed by atoms with Gasteiger partial charge < -0.3 is 5.11 Å². The van der Waals surface area contributed by atoms with E-state index < -0.39 is 5.97 Å². The van der Waals surface area contributed by atoms with E-state index in [1.165, 1.54) is 11.1 Å². The van der Waals surface area contributed by atoms with Gasteiger partial charge in [0.25, 0.3) is 0 Å². The van der Waals surface area contributed by atoms with Gasteiger partial charge in [0.05, 0.1) is 5.92 Å². The van der Waals surface area contributed by atoms with Crippen LogP contribution in [0.1, 0.15) is 58.7 Å². The van der Waals surface area contributed by atoms with E-state index in [0.717, 1.165) is 6.54 Å². The molecule has 0 aliphatic rings. The molecule has 3 heteroatoms. The van der Waals surface area contributed by atoms with Gasteiger partial charge in [-0.05, 0) is 30.0 Å². The van der Waals surface area contributed by atoms with Gasteiger partial charge in [0.1, 0.15) is 0 Å². The van der Waals surface area contributed by atoms with Gasteiger partial charge in [-0.3, -0.25) is 9.69 Å². The number of carbonyl (C=O) groups is 1. The Bertz CT molecular complexity index is 459. The van der Waals surface area contributed by atoms with Gasteiger partial charge >= 0.3 is 5.97 Å². The van der Waals surface area contributed by atoms with E-state index in [-0.39, 0.29) is 17.4 Å². The summed E-state index contributed by atoms with van der Waals surface area (Å²) < 4.78 is 0. The molecule has 1 aromatic carbocycles. The Morgan fingerprint density at radius 2 is 1.71 bits per heavy atom. The number of carboxylic acids is 1. The third kappa shape index (κ3) is 4.85. The number of rotatable bonds is 6. The van der Waals surface area contributed by atoms with Gasteiger partial charge in [-0.2, -0.15) is 0 Å². The molecule has 1 aromatic rings. The van der Waals surface area contributed by atoms with Crippen molar-refractivity contribution in [1.82, 2.24) is 4.90 Å². The second-order valence-corrected chi connectivity index (χ2v) is 6.87. The fourth-order valence-electron chi connectivity index (χ4n) is 2.46. The van der Waals surface area contributed by atoms with Crippen molar-refractivity contribution >= 4 is 5.97 Å². The monoisotopic (exact) mass is 291 g/mol. The van der Waals surface area contributed by atoms with Crippen molar-refractivity contribution in [2.24, 2.45) is 5.92 Å². The van der Waals surface area contributed by atoms with Crippen LogP contribution in [0.2, 0.25) is 0 Å². The lowest BCUT2D eigenvalue weighted by Crippen LogP contribution is -2.33. The molecule has 0 aromatic heterocycles. The quantitative estimate of drug-likeness (QED) is 0.858. The Hall–Kier alpha value is -1.35. The van der Waals surface area contributed by atoms with E-state index in [9.17, 15) is 4.79 Å². The summed E-state index contributed by atoms with van der Waals surface area (Å²) in [5.74, 6) is -1.08. The third-order valence-electron chi connectivity index (χ3n) is 4.14. The summed E-state index contributed by atoms with van der Waals surface area (Å²) in [6.07, 6.45) is 0. The van der Waals surface area contributed by atoms with Crippen molar-refractivity contribution in [3.63, 3.8) is 0 Å². The average molecular weight is 291 g/mol. The predicted octanol–water partition coefficient (Wildman–Crippen LogP) is 4.09. The number of benzene rings is 1. The van der Waals surface area contributed by atoms with Crippen LogP contribution >= 0.6 is 0 Å². The minimum atomic E-state index is -0.733. The van der Waals surface area contributed by atoms with E-state index in [4.69, 9.17) is 5.11 Å². The summed E-state index contributed by atoms with van der Waals surface area (Å²) in [4.78, 5) is 13.3. The fourth-order valence-corrected chi connectivity index (χ4v) is 2.46. The van der Waals surface area contributed by atoms with E-state index in [1.807, 2.05) is 0 Å². The maximum Gasteiger partial charge on any atom is 0.307 e. The SMILES string of the molecule is CCN(CC(C)C(=O)O)C(C)c1ccc(C(C)(C)C)cc1. The molecule has 0 saturated heterocycles. The van der Waals surface area contributed by atoms with Crippen LogP contribution in [0.5, 0.6) is 0 Å². The Balaban J connectivity index is 2.85. The first kappa shape index (κ1) is 17.7. The summed E-state index contributed by atoms with van der Waals surface area (Å²) in [5.41, 5.74) is 2.71. The van der Waals surface area contributed by atoms with Gasteiger partial charge in [0.2, 0.25) is 0 Å². The van der Waals surface area contributed by atoms with Crippen molar-refractivity contribution in [3.05, 3.63) is 35.4 Å². The Labute approximate surface area is 129 Å². The molecule has 0 amide bonds. The molecular weight excluding hydrogens is 262 g/mol. The van der Waals surface area contributed by atoms with Gasteiger partial charge in [-0.1, -0.05) is 58.9 Å². The highest BCUT2D eigenvalue weighted by Crippen LogP contribution is 2.26. The van der Waals surface area contributed by atoms with Gasteiger partial charge in [0.15, 0.2) is 0 Å². The first-order valence-corrected chi connectivity index (χ1v) is 7.74. The highest BCUT2D eigenvalue weighted by Gasteiger charge is 2.21. The van der Waals surface area contributed by atoms with Gasteiger partial charge in [-0.15, -0.1) is 0 Å². The lowest BCUT2D eigenvalue weighted by atomic mass is 9.86. The number of aliphatic carboxylic acids is 1. The van der Waals surface area contributed by atoms with Crippen molar-refractivity contribution < 1.29 is 9.90 Å². The number of hydrogen-bond donors (Lipinski definition) is 1. The number of hydrogen-bond acceptors (Lipinski definition) is 2. The van der Waals surface area contributed by atoms with E-state index in [2.05, 4.69) is 63.8 Å². The van der Waals surface area contributed by atoms with Crippen LogP contribution in [-0.4, -0.2) is 29.1 Å². The Kier molecular flexibility index (Phi) is 5.97. The van der Waals surface area contributed by atoms with Crippen molar-refractivity contribution in [2.45, 2.75) is 53.0 Å². The molecule has 1 rings (SSSR count). The van der Waals surface area contributed by atoms with E-state index in [1.54, 1.807) is 6.92 Å². The van der Waals surface area contributed by atoms with Crippen molar-refractivity contribution in [1.29, 1.82) is 0 Å². The van der Waals surface area contributed by atoms with E-state index in [0.29, 0.717) is 6.54 Å². The maximum absolute atomic E-state index is 11.0. The van der Waals surface area contributed by atoms with Gasteiger partial charge in [-0.25, -0.2) is 0 Å². The van der Waals surface area contributed by atoms with Crippen molar-refractivity contribution in [2.75, 3.05) is 13.1 Å². The highest BCUT2D eigenvalue weighted by molar-refractivity contribution is 5.69. The maximum atomic E-state index is 11.0. The lowest BCUT2D eigenvalue weighted by molar-refractivity contribution is -0.141. The zero-order valence-corrected chi connectivity index (χ0v) is 14.2. The molecule has 21 heavy (non-hydrogen) atoms. The number of carboxylic acid groups (broad SMARTS) is 1. The second-order valence-electron chi connectivity index (χ2n) is 6.87. The Morgan fingerprint density at radius 1 is 1.19 bits per heavy atom. The molecule has 0 aliphatic heterocycles. The summed E-state index contributed by atoms with van der Waals surface area (Å²) >= 11 is 0. The molecule has 0 heterocycles. The molecule has 0 bridgehead atoms. The smallest absolute Gasteiger partial charge is 0.307 e. The number of nitrogens with zero attached hydrogens (tertiary/aromatic N) is 1. The minimum absolute atomic E-state index is 0.157. The molecular formula is C18H29NO2. The van der Waals surface area contributed by atoms with Crippen LogP contribution in [-0.2, 0) is 10.2 Å². The molecule has 3 nitrogen and oxygen atoms in total. The van der Waals surface area contributed by atoms with Crippen LogP contribution in [0.15, 0.2) is 24.3 Å². The summed E-state index contributed by atoms with van der Waals surface area (Å²) in [5, 5.41) is 9.08. The molecule has 0 aliphatic carbocycles. The first-order chi connectivity index (χ1) is 9.66. The molecule has 0 saturated carbocycles. The normalized spacial score (nSPS) is 15.0. The minimum Gasteiger partial charge on any atom is -0.481 e.